The molecule has 0 aromatic carbocycles. The highest BCUT2D eigenvalue weighted by molar-refractivity contribution is 4.86. The molecule has 68 valence electrons. The van der Waals surface area contributed by atoms with E-state index in [-0.39, 0.29) is 18.8 Å². The molecular weight excluding hydrogens is 156 g/mol. The zero-order chi connectivity index (χ0) is 8.97. The minimum Gasteiger partial charge on any atom is -0.395 e. The summed E-state index contributed by atoms with van der Waals surface area (Å²) in [6.45, 7) is 1.31. The van der Waals surface area contributed by atoms with Crippen molar-refractivity contribution < 1.29 is 10.2 Å². The number of β-amino-alcohol motifs (C(OH)–C–C–N with tert-alkyl or cyclic N) is 1. The molecule has 2 N–H and O–H groups in total. The molecule has 0 aromatic heterocycles. The number of aliphatic hydroxyl groups excluding tert-OH is 2. The molecule has 1 rings (SSSR count). The molecule has 0 saturated carbocycles. The summed E-state index contributed by atoms with van der Waals surface area (Å²) < 4.78 is 0. The second-order valence-corrected chi connectivity index (χ2v) is 3.13. The number of likely N-dealkylation sites (tertiary alicyclic amines) is 1. The van der Waals surface area contributed by atoms with Crippen molar-refractivity contribution in [2.24, 2.45) is 0 Å². The van der Waals surface area contributed by atoms with Crippen LogP contribution in [0, 0.1) is 11.3 Å². The Kier molecular flexibility index (Phi) is 3.48. The molecular formula is C8H14N2O2. The first-order valence-electron chi connectivity index (χ1n) is 4.18. The zero-order valence-electron chi connectivity index (χ0n) is 6.98. The van der Waals surface area contributed by atoms with E-state index >= 15 is 0 Å². The molecule has 0 spiro atoms. The molecule has 1 heterocycles. The standard InChI is InChI=1S/C8H14N2O2/c9-2-1-3-10-5-8(12)4-7(10)6-11/h7-8,11-12H,1,3-6H2/t7-,8+/m1/s1. The van der Waals surface area contributed by atoms with E-state index in [9.17, 15) is 5.11 Å². The first kappa shape index (κ1) is 9.46. The molecule has 0 aromatic rings. The number of hydrogen-bond acceptors (Lipinski definition) is 4. The average Bonchev–Trinajstić information content (AvgIpc) is 2.42. The summed E-state index contributed by atoms with van der Waals surface area (Å²) in [4.78, 5) is 1.97. The topological polar surface area (TPSA) is 67.5 Å². The van der Waals surface area contributed by atoms with Crippen molar-refractivity contribution >= 4 is 0 Å². The Balaban J connectivity index is 2.36. The van der Waals surface area contributed by atoms with Gasteiger partial charge in [-0.3, -0.25) is 4.90 Å². The van der Waals surface area contributed by atoms with Crippen LogP contribution < -0.4 is 0 Å². The van der Waals surface area contributed by atoms with E-state index in [0.717, 1.165) is 0 Å². The van der Waals surface area contributed by atoms with Crippen molar-refractivity contribution in [2.45, 2.75) is 25.0 Å². The van der Waals surface area contributed by atoms with E-state index in [1.165, 1.54) is 0 Å². The van der Waals surface area contributed by atoms with Gasteiger partial charge in [0, 0.05) is 25.6 Å². The summed E-state index contributed by atoms with van der Waals surface area (Å²) >= 11 is 0. The van der Waals surface area contributed by atoms with Crippen molar-refractivity contribution in [2.75, 3.05) is 19.7 Å². The van der Waals surface area contributed by atoms with E-state index in [2.05, 4.69) is 0 Å². The van der Waals surface area contributed by atoms with Crippen LogP contribution >= 0.6 is 0 Å². The van der Waals surface area contributed by atoms with E-state index in [1.54, 1.807) is 0 Å². The van der Waals surface area contributed by atoms with Crippen LogP contribution in [0.4, 0.5) is 0 Å². The molecule has 0 radical (unpaired) electrons. The lowest BCUT2D eigenvalue weighted by molar-refractivity contribution is 0.158. The molecule has 1 aliphatic heterocycles. The normalized spacial score (nSPS) is 30.4. The number of nitrogens with zero attached hydrogens (tertiary/aromatic N) is 2. The van der Waals surface area contributed by atoms with Gasteiger partial charge in [-0.2, -0.15) is 5.26 Å². The number of nitriles is 1. The lowest BCUT2D eigenvalue weighted by Gasteiger charge is -2.20. The summed E-state index contributed by atoms with van der Waals surface area (Å²) in [6.07, 6.45) is 0.756. The van der Waals surface area contributed by atoms with Gasteiger partial charge >= 0.3 is 0 Å². The second-order valence-electron chi connectivity index (χ2n) is 3.13. The van der Waals surface area contributed by atoms with Gasteiger partial charge < -0.3 is 10.2 Å². The maximum absolute atomic E-state index is 9.26. The van der Waals surface area contributed by atoms with Gasteiger partial charge in [0.1, 0.15) is 0 Å². The van der Waals surface area contributed by atoms with Crippen molar-refractivity contribution in [1.29, 1.82) is 5.26 Å². The van der Waals surface area contributed by atoms with Crippen LogP contribution in [0.5, 0.6) is 0 Å². The highest BCUT2D eigenvalue weighted by atomic mass is 16.3. The summed E-state index contributed by atoms with van der Waals surface area (Å²) in [7, 11) is 0. The fourth-order valence-electron chi connectivity index (χ4n) is 1.61. The van der Waals surface area contributed by atoms with Gasteiger partial charge in [-0.05, 0) is 6.42 Å². The Labute approximate surface area is 72.0 Å². The first-order valence-corrected chi connectivity index (χ1v) is 4.18. The van der Waals surface area contributed by atoms with Crippen LogP contribution in [0.3, 0.4) is 0 Å². The van der Waals surface area contributed by atoms with Crippen LogP contribution in [0.2, 0.25) is 0 Å². The monoisotopic (exact) mass is 170 g/mol. The third-order valence-corrected chi connectivity index (χ3v) is 2.23. The third kappa shape index (κ3) is 2.18. The maximum atomic E-state index is 9.26. The van der Waals surface area contributed by atoms with Gasteiger partial charge in [0.25, 0.3) is 0 Å². The van der Waals surface area contributed by atoms with Crippen LogP contribution in [-0.2, 0) is 0 Å². The molecule has 1 fully saturated rings. The largest absolute Gasteiger partial charge is 0.395 e. The van der Waals surface area contributed by atoms with Gasteiger partial charge in [-0.1, -0.05) is 0 Å². The molecule has 4 nitrogen and oxygen atoms in total. The molecule has 1 saturated heterocycles. The quantitative estimate of drug-likeness (QED) is 0.589. The number of aliphatic hydroxyl groups is 2. The van der Waals surface area contributed by atoms with Crippen LogP contribution in [0.25, 0.3) is 0 Å². The Morgan fingerprint density at radius 2 is 2.33 bits per heavy atom. The second kappa shape index (κ2) is 4.41. The maximum Gasteiger partial charge on any atom is 0.0683 e. The lowest BCUT2D eigenvalue weighted by Crippen LogP contribution is -2.33. The minimum atomic E-state index is -0.333. The summed E-state index contributed by atoms with van der Waals surface area (Å²) in [6, 6.07) is 2.10. The van der Waals surface area contributed by atoms with Gasteiger partial charge in [0.05, 0.1) is 18.8 Å². The van der Waals surface area contributed by atoms with Crippen molar-refractivity contribution in [1.82, 2.24) is 4.90 Å². The van der Waals surface area contributed by atoms with E-state index in [1.807, 2.05) is 11.0 Å². The summed E-state index contributed by atoms with van der Waals surface area (Å²) in [5.41, 5.74) is 0. The zero-order valence-corrected chi connectivity index (χ0v) is 6.98. The number of rotatable bonds is 3. The Hall–Kier alpha value is -0.630. The van der Waals surface area contributed by atoms with Crippen molar-refractivity contribution in [3.63, 3.8) is 0 Å². The Morgan fingerprint density at radius 3 is 2.92 bits per heavy atom. The predicted molar refractivity (Wildman–Crippen MR) is 43.3 cm³/mol. The predicted octanol–water partition coefficient (Wildman–Crippen LogP) is -0.672. The van der Waals surface area contributed by atoms with Crippen molar-refractivity contribution in [3.05, 3.63) is 0 Å². The van der Waals surface area contributed by atoms with Crippen molar-refractivity contribution in [3.8, 4) is 6.07 Å². The highest BCUT2D eigenvalue weighted by Gasteiger charge is 2.29. The average molecular weight is 170 g/mol. The van der Waals surface area contributed by atoms with Crippen LogP contribution in [0.1, 0.15) is 12.8 Å². The molecule has 12 heavy (non-hydrogen) atoms. The van der Waals surface area contributed by atoms with Gasteiger partial charge in [-0.25, -0.2) is 0 Å². The third-order valence-electron chi connectivity index (χ3n) is 2.23. The summed E-state index contributed by atoms with van der Waals surface area (Å²) in [5.74, 6) is 0. The van der Waals surface area contributed by atoms with Gasteiger partial charge in [0.15, 0.2) is 0 Å². The molecule has 0 unspecified atom stereocenters. The van der Waals surface area contributed by atoms with Gasteiger partial charge in [0.2, 0.25) is 0 Å². The minimum absolute atomic E-state index is 0.0494. The molecule has 1 aliphatic rings. The molecule has 0 aliphatic carbocycles. The fourth-order valence-corrected chi connectivity index (χ4v) is 1.61. The molecule has 0 bridgehead atoms. The summed E-state index contributed by atoms with van der Waals surface area (Å²) in [5, 5.41) is 26.5. The first-order chi connectivity index (χ1) is 5.77. The van der Waals surface area contributed by atoms with E-state index in [4.69, 9.17) is 10.4 Å². The Bertz CT molecular complexity index is 178. The SMILES string of the molecule is N#CCCN1C[C@@H](O)C[C@@H]1CO. The highest BCUT2D eigenvalue weighted by Crippen LogP contribution is 2.16. The fraction of sp³-hybridized carbons (Fsp3) is 0.875. The van der Waals surface area contributed by atoms with Gasteiger partial charge in [-0.15, -0.1) is 0 Å². The Morgan fingerprint density at radius 1 is 1.58 bits per heavy atom. The molecule has 0 amide bonds. The molecule has 2 atom stereocenters. The van der Waals surface area contributed by atoms with E-state index in [0.29, 0.717) is 25.9 Å². The van der Waals surface area contributed by atoms with E-state index < -0.39 is 0 Å². The van der Waals surface area contributed by atoms with Crippen LogP contribution in [-0.4, -0.2) is 47.0 Å². The lowest BCUT2D eigenvalue weighted by atomic mass is 10.2. The number of hydrogen-bond donors (Lipinski definition) is 2. The smallest absolute Gasteiger partial charge is 0.0683 e. The van der Waals surface area contributed by atoms with Crippen LogP contribution in [0.15, 0.2) is 0 Å². The molecule has 4 heteroatoms.